The second-order valence-electron chi connectivity index (χ2n) is 3.76. The number of carbonyl (C=O) groups is 1. The monoisotopic (exact) mass is 327 g/mol. The molecule has 0 radical (unpaired) electrons. The number of halogens is 4. The maximum Gasteiger partial charge on any atom is 0.574 e. The van der Waals surface area contributed by atoms with Crippen LogP contribution in [0.1, 0.15) is 18.1 Å². The van der Waals surface area contributed by atoms with E-state index in [0.717, 1.165) is 6.20 Å². The smallest absolute Gasteiger partial charge is 0.496 e. The molecule has 0 saturated heterocycles. The van der Waals surface area contributed by atoms with E-state index < -0.39 is 24.6 Å². The Kier molecular flexibility index (Phi) is 6.07. The molecule has 9 heteroatoms. The van der Waals surface area contributed by atoms with Gasteiger partial charge in [0.1, 0.15) is 5.75 Å². The van der Waals surface area contributed by atoms with Crippen molar-refractivity contribution < 1.29 is 32.2 Å². The Morgan fingerprint density at radius 2 is 2.10 bits per heavy atom. The van der Waals surface area contributed by atoms with Crippen molar-refractivity contribution in [1.82, 2.24) is 4.98 Å². The van der Waals surface area contributed by atoms with Crippen molar-refractivity contribution in [3.05, 3.63) is 17.3 Å². The molecule has 1 heterocycles. The van der Waals surface area contributed by atoms with Gasteiger partial charge in [-0.2, -0.15) is 0 Å². The summed E-state index contributed by atoms with van der Waals surface area (Å²) < 4.78 is 50.7. The summed E-state index contributed by atoms with van der Waals surface area (Å²) in [7, 11) is 1.25. The Balaban J connectivity index is 3.26. The number of esters is 1. The van der Waals surface area contributed by atoms with E-state index in [1.165, 1.54) is 7.11 Å². The number of rotatable bonds is 6. The van der Waals surface area contributed by atoms with Crippen molar-refractivity contribution in [2.24, 2.45) is 0 Å². The number of hydrogen-bond donors (Lipinski definition) is 0. The summed E-state index contributed by atoms with van der Waals surface area (Å²) in [4.78, 5) is 15.1. The predicted octanol–water partition coefficient (Wildman–Crippen LogP) is 2.83. The molecule has 0 N–H and O–H groups in total. The quantitative estimate of drug-likeness (QED) is 0.594. The Labute approximate surface area is 124 Å². The van der Waals surface area contributed by atoms with E-state index in [1.54, 1.807) is 6.92 Å². The lowest BCUT2D eigenvalue weighted by atomic mass is 10.1. The summed E-state index contributed by atoms with van der Waals surface area (Å²) in [5, 5.41) is 0. The number of alkyl halides is 4. The number of methoxy groups -OCH3 is 1. The molecule has 1 rings (SSSR count). The summed E-state index contributed by atoms with van der Waals surface area (Å²) in [5.41, 5.74) is 0.180. The molecule has 21 heavy (non-hydrogen) atoms. The fourth-order valence-corrected chi connectivity index (χ4v) is 1.81. The van der Waals surface area contributed by atoms with E-state index in [0.29, 0.717) is 5.56 Å². The van der Waals surface area contributed by atoms with E-state index in [-0.39, 0.29) is 23.8 Å². The largest absolute Gasteiger partial charge is 0.574 e. The first-order valence-electron chi connectivity index (χ1n) is 5.84. The second-order valence-corrected chi connectivity index (χ2v) is 4.03. The number of carbonyl (C=O) groups excluding carboxylic acids is 1. The highest BCUT2D eigenvalue weighted by Crippen LogP contribution is 2.34. The van der Waals surface area contributed by atoms with Gasteiger partial charge >= 0.3 is 12.3 Å². The standard InChI is InChI=1S/C12H13ClF3NO4/c1-3-20-9(18)4-8-10(19-2)7(5-13)6-17-11(8)21-12(14,15)16/h6H,3-5H2,1-2H3. The lowest BCUT2D eigenvalue weighted by Crippen LogP contribution is -2.20. The molecule has 0 aliphatic rings. The Morgan fingerprint density at radius 1 is 1.43 bits per heavy atom. The summed E-state index contributed by atoms with van der Waals surface area (Å²) in [6.45, 7) is 1.68. The van der Waals surface area contributed by atoms with Crippen LogP contribution in [0.2, 0.25) is 0 Å². The number of nitrogens with zero attached hydrogens (tertiary/aromatic N) is 1. The molecule has 0 aliphatic heterocycles. The molecular weight excluding hydrogens is 315 g/mol. The Bertz CT molecular complexity index is 508. The molecule has 0 saturated carbocycles. The van der Waals surface area contributed by atoms with Crippen LogP contribution in [0.15, 0.2) is 6.20 Å². The van der Waals surface area contributed by atoms with Crippen molar-refractivity contribution in [2.45, 2.75) is 25.6 Å². The van der Waals surface area contributed by atoms with Gasteiger partial charge in [0, 0.05) is 11.8 Å². The van der Waals surface area contributed by atoms with Crippen LogP contribution in [0.3, 0.4) is 0 Å². The predicted molar refractivity (Wildman–Crippen MR) is 67.4 cm³/mol. The molecule has 0 aromatic carbocycles. The van der Waals surface area contributed by atoms with Crippen molar-refractivity contribution >= 4 is 17.6 Å². The van der Waals surface area contributed by atoms with E-state index in [4.69, 9.17) is 21.1 Å². The maximum atomic E-state index is 12.4. The number of pyridine rings is 1. The molecule has 5 nitrogen and oxygen atoms in total. The molecule has 0 unspecified atom stereocenters. The fraction of sp³-hybridized carbons (Fsp3) is 0.500. The van der Waals surface area contributed by atoms with Gasteiger partial charge in [-0.3, -0.25) is 4.79 Å². The summed E-state index contributed by atoms with van der Waals surface area (Å²) in [6.07, 6.45) is -4.31. The van der Waals surface area contributed by atoms with Gasteiger partial charge in [0.2, 0.25) is 5.88 Å². The topological polar surface area (TPSA) is 57.7 Å². The normalized spacial score (nSPS) is 11.1. The van der Waals surface area contributed by atoms with Gasteiger partial charge in [-0.1, -0.05) is 0 Å². The summed E-state index contributed by atoms with van der Waals surface area (Å²) in [5.74, 6) is -1.51. The van der Waals surface area contributed by atoms with Crippen molar-refractivity contribution in [3.8, 4) is 11.6 Å². The van der Waals surface area contributed by atoms with Crippen LogP contribution in [-0.2, 0) is 21.8 Å². The van der Waals surface area contributed by atoms with Crippen molar-refractivity contribution in [3.63, 3.8) is 0 Å². The number of hydrogen-bond acceptors (Lipinski definition) is 5. The molecule has 0 fully saturated rings. The zero-order valence-electron chi connectivity index (χ0n) is 11.3. The molecular formula is C12H13ClF3NO4. The first-order valence-corrected chi connectivity index (χ1v) is 6.37. The van der Waals surface area contributed by atoms with E-state index in [1.807, 2.05) is 0 Å². The van der Waals surface area contributed by atoms with Crippen molar-refractivity contribution in [1.29, 1.82) is 0 Å². The van der Waals surface area contributed by atoms with Crippen LogP contribution < -0.4 is 9.47 Å². The molecule has 0 spiro atoms. The van der Waals surface area contributed by atoms with Crippen LogP contribution in [0.4, 0.5) is 13.2 Å². The molecule has 0 bridgehead atoms. The third-order valence-corrected chi connectivity index (χ3v) is 2.64. The first kappa shape index (κ1) is 17.4. The van der Waals surface area contributed by atoms with E-state index >= 15 is 0 Å². The fourth-order valence-electron chi connectivity index (χ4n) is 1.62. The van der Waals surface area contributed by atoms with Gasteiger partial charge in [0.25, 0.3) is 0 Å². The van der Waals surface area contributed by atoms with Gasteiger partial charge in [-0.05, 0) is 6.92 Å². The maximum absolute atomic E-state index is 12.4. The first-order chi connectivity index (χ1) is 9.82. The summed E-state index contributed by atoms with van der Waals surface area (Å²) in [6, 6.07) is 0. The highest BCUT2D eigenvalue weighted by molar-refractivity contribution is 6.17. The molecule has 0 amide bonds. The zero-order valence-corrected chi connectivity index (χ0v) is 12.0. The Morgan fingerprint density at radius 3 is 2.57 bits per heavy atom. The molecule has 0 atom stereocenters. The second kappa shape index (κ2) is 7.35. The minimum atomic E-state index is -4.94. The SMILES string of the molecule is CCOC(=O)Cc1c(OC(F)(F)F)ncc(CCl)c1OC. The van der Waals surface area contributed by atoms with Gasteiger partial charge in [0.15, 0.2) is 0 Å². The van der Waals surface area contributed by atoms with Gasteiger partial charge in [0.05, 0.1) is 31.6 Å². The average molecular weight is 328 g/mol. The summed E-state index contributed by atoms with van der Waals surface area (Å²) >= 11 is 5.67. The molecule has 118 valence electrons. The van der Waals surface area contributed by atoms with Crippen LogP contribution in [0, 0.1) is 0 Å². The Hall–Kier alpha value is -1.70. The van der Waals surface area contributed by atoms with Gasteiger partial charge in [-0.15, -0.1) is 24.8 Å². The third-order valence-electron chi connectivity index (χ3n) is 2.35. The van der Waals surface area contributed by atoms with Crippen LogP contribution in [-0.4, -0.2) is 31.0 Å². The minimum absolute atomic E-state index is 0.0207. The average Bonchev–Trinajstić information content (AvgIpc) is 2.39. The van der Waals surface area contributed by atoms with Crippen LogP contribution in [0.25, 0.3) is 0 Å². The van der Waals surface area contributed by atoms with Gasteiger partial charge < -0.3 is 14.2 Å². The molecule has 0 aliphatic carbocycles. The van der Waals surface area contributed by atoms with Crippen LogP contribution in [0.5, 0.6) is 11.6 Å². The van der Waals surface area contributed by atoms with Crippen LogP contribution >= 0.6 is 11.6 Å². The lowest BCUT2D eigenvalue weighted by Gasteiger charge is -2.16. The molecule has 1 aromatic rings. The van der Waals surface area contributed by atoms with E-state index in [9.17, 15) is 18.0 Å². The zero-order chi connectivity index (χ0) is 16.0. The van der Waals surface area contributed by atoms with Gasteiger partial charge in [-0.25, -0.2) is 4.98 Å². The minimum Gasteiger partial charge on any atom is -0.496 e. The number of aromatic nitrogens is 1. The lowest BCUT2D eigenvalue weighted by molar-refractivity contribution is -0.276. The third kappa shape index (κ3) is 4.96. The molecule has 1 aromatic heterocycles. The highest BCUT2D eigenvalue weighted by atomic mass is 35.5. The number of ether oxygens (including phenoxy) is 3. The highest BCUT2D eigenvalue weighted by Gasteiger charge is 2.34. The van der Waals surface area contributed by atoms with E-state index in [2.05, 4.69) is 9.72 Å². The van der Waals surface area contributed by atoms with Crippen molar-refractivity contribution in [2.75, 3.05) is 13.7 Å².